The van der Waals surface area contributed by atoms with Crippen molar-refractivity contribution in [3.8, 4) is 0 Å². The summed E-state index contributed by atoms with van der Waals surface area (Å²) in [5, 5.41) is 5.88. The number of hydrogen-bond acceptors (Lipinski definition) is 4. The van der Waals surface area contributed by atoms with Crippen LogP contribution in [0.5, 0.6) is 0 Å². The van der Waals surface area contributed by atoms with Crippen molar-refractivity contribution in [1.29, 1.82) is 0 Å². The van der Waals surface area contributed by atoms with Crippen molar-refractivity contribution in [2.24, 2.45) is 0 Å². The molecule has 0 saturated carbocycles. The molecule has 1 aromatic carbocycles. The van der Waals surface area contributed by atoms with Crippen molar-refractivity contribution in [1.82, 2.24) is 5.32 Å². The van der Waals surface area contributed by atoms with Gasteiger partial charge in [0, 0.05) is 15.3 Å². The lowest BCUT2D eigenvalue weighted by molar-refractivity contribution is -0.122. The lowest BCUT2D eigenvalue weighted by Crippen LogP contribution is -2.43. The van der Waals surface area contributed by atoms with Crippen LogP contribution in [-0.2, 0) is 14.6 Å². The number of nitrogens with one attached hydrogen (secondary N) is 2. The fraction of sp³-hybridized carbons (Fsp3) is 0.462. The molecule has 5 nitrogen and oxygen atoms in total. The first-order valence-electron chi connectivity index (χ1n) is 6.39. The lowest BCUT2D eigenvalue weighted by atomic mass is 10.2. The van der Waals surface area contributed by atoms with E-state index in [1.54, 1.807) is 6.92 Å². The molecule has 2 rings (SSSR count). The minimum atomic E-state index is -2.97. The molecule has 0 aromatic heterocycles. The summed E-state index contributed by atoms with van der Waals surface area (Å²) < 4.78 is 23.8. The van der Waals surface area contributed by atoms with Gasteiger partial charge in [0.15, 0.2) is 9.84 Å². The van der Waals surface area contributed by atoms with Gasteiger partial charge in [-0.2, -0.15) is 0 Å². The number of carbonyl (C=O) groups is 1. The number of hydrogen-bond donors (Lipinski definition) is 2. The third-order valence-electron chi connectivity index (χ3n) is 3.20. The summed E-state index contributed by atoms with van der Waals surface area (Å²) in [6.45, 7) is 1.76. The number of anilines is 1. The third-order valence-corrected chi connectivity index (χ3v) is 5.69. The minimum absolute atomic E-state index is 0.0506. The molecule has 0 bridgehead atoms. The van der Waals surface area contributed by atoms with Crippen LogP contribution in [0.1, 0.15) is 13.3 Å². The second kappa shape index (κ2) is 6.30. The highest BCUT2D eigenvalue weighted by Gasteiger charge is 2.29. The number of carbonyl (C=O) groups excluding carboxylic acids is 1. The molecule has 1 amide bonds. The number of halogens is 1. The third kappa shape index (κ3) is 4.34. The number of benzene rings is 1. The normalized spacial score (nSPS) is 22.2. The first-order chi connectivity index (χ1) is 9.35. The molecular weight excluding hydrogens is 391 g/mol. The second-order valence-corrected chi connectivity index (χ2v) is 8.46. The first-order valence-corrected chi connectivity index (χ1v) is 9.29. The molecule has 0 unspecified atom stereocenters. The van der Waals surface area contributed by atoms with Crippen molar-refractivity contribution in [3.05, 3.63) is 27.8 Å². The van der Waals surface area contributed by atoms with Crippen LogP contribution >= 0.6 is 22.6 Å². The molecule has 1 saturated heterocycles. The van der Waals surface area contributed by atoms with E-state index in [1.165, 1.54) is 0 Å². The lowest BCUT2D eigenvalue weighted by Gasteiger charge is -2.18. The Labute approximate surface area is 132 Å². The highest BCUT2D eigenvalue weighted by molar-refractivity contribution is 14.1. The topological polar surface area (TPSA) is 75.3 Å². The monoisotopic (exact) mass is 408 g/mol. The van der Waals surface area contributed by atoms with Gasteiger partial charge in [-0.3, -0.25) is 4.79 Å². The zero-order chi connectivity index (χ0) is 14.8. The molecular formula is C13H17IN2O3S. The molecule has 20 heavy (non-hydrogen) atoms. The molecule has 110 valence electrons. The zero-order valence-corrected chi connectivity index (χ0v) is 14.1. The van der Waals surface area contributed by atoms with Crippen LogP contribution in [0, 0.1) is 3.57 Å². The van der Waals surface area contributed by atoms with E-state index in [9.17, 15) is 13.2 Å². The standard InChI is InChI=1S/C13H17IN2O3S/c1-9(15-11-4-2-10(14)3-5-11)13(17)16-12-6-7-20(18,19)8-12/h2-5,9,12,15H,6-8H2,1H3,(H,16,17)/t9-,12+/m0/s1. The molecule has 0 spiro atoms. The van der Waals surface area contributed by atoms with Gasteiger partial charge >= 0.3 is 0 Å². The maximum Gasteiger partial charge on any atom is 0.242 e. The quantitative estimate of drug-likeness (QED) is 0.739. The Kier molecular flexibility index (Phi) is 4.90. The first kappa shape index (κ1) is 15.6. The fourth-order valence-electron chi connectivity index (χ4n) is 2.10. The van der Waals surface area contributed by atoms with Crippen molar-refractivity contribution in [3.63, 3.8) is 0 Å². The van der Waals surface area contributed by atoms with Crippen LogP contribution in [0.3, 0.4) is 0 Å². The zero-order valence-electron chi connectivity index (χ0n) is 11.1. The van der Waals surface area contributed by atoms with Gasteiger partial charge in [0.05, 0.1) is 11.5 Å². The Morgan fingerprint density at radius 3 is 2.55 bits per heavy atom. The van der Waals surface area contributed by atoms with Crippen LogP contribution in [0.4, 0.5) is 5.69 Å². The summed E-state index contributed by atoms with van der Waals surface area (Å²) in [5.41, 5.74) is 0.868. The van der Waals surface area contributed by atoms with Gasteiger partial charge in [0.25, 0.3) is 0 Å². The maximum absolute atomic E-state index is 12.0. The van der Waals surface area contributed by atoms with E-state index < -0.39 is 15.9 Å². The van der Waals surface area contributed by atoms with Crippen molar-refractivity contribution < 1.29 is 13.2 Å². The molecule has 1 aliphatic heterocycles. The smallest absolute Gasteiger partial charge is 0.242 e. The van der Waals surface area contributed by atoms with E-state index in [0.717, 1.165) is 9.26 Å². The van der Waals surface area contributed by atoms with E-state index in [2.05, 4.69) is 33.2 Å². The van der Waals surface area contributed by atoms with Crippen molar-refractivity contribution in [2.45, 2.75) is 25.4 Å². The van der Waals surface area contributed by atoms with Crippen LogP contribution in [0.2, 0.25) is 0 Å². The average Bonchev–Trinajstić information content (AvgIpc) is 2.71. The van der Waals surface area contributed by atoms with E-state index >= 15 is 0 Å². The van der Waals surface area contributed by atoms with Gasteiger partial charge in [-0.25, -0.2) is 8.42 Å². The second-order valence-electron chi connectivity index (χ2n) is 4.98. The van der Waals surface area contributed by atoms with Crippen LogP contribution in [-0.4, -0.2) is 37.9 Å². The summed E-state index contributed by atoms with van der Waals surface area (Å²) >= 11 is 2.22. The summed E-state index contributed by atoms with van der Waals surface area (Å²) in [5.74, 6) is 0.0388. The molecule has 1 fully saturated rings. The fourth-order valence-corrected chi connectivity index (χ4v) is 4.13. The minimum Gasteiger partial charge on any atom is -0.374 e. The van der Waals surface area contributed by atoms with Gasteiger partial charge in [-0.1, -0.05) is 0 Å². The van der Waals surface area contributed by atoms with Gasteiger partial charge < -0.3 is 10.6 Å². The number of sulfone groups is 1. The van der Waals surface area contributed by atoms with Crippen LogP contribution in [0.25, 0.3) is 0 Å². The molecule has 0 aliphatic carbocycles. The molecule has 2 atom stereocenters. The predicted octanol–water partition coefficient (Wildman–Crippen LogP) is 1.39. The van der Waals surface area contributed by atoms with E-state index in [4.69, 9.17) is 0 Å². The Morgan fingerprint density at radius 2 is 2.00 bits per heavy atom. The van der Waals surface area contributed by atoms with Gasteiger partial charge in [0.1, 0.15) is 6.04 Å². The molecule has 1 heterocycles. The Balaban J connectivity index is 1.88. The van der Waals surface area contributed by atoms with Crippen LogP contribution in [0.15, 0.2) is 24.3 Å². The van der Waals surface area contributed by atoms with Gasteiger partial charge in [-0.15, -0.1) is 0 Å². The summed E-state index contributed by atoms with van der Waals surface area (Å²) in [7, 11) is -2.97. The predicted molar refractivity (Wildman–Crippen MR) is 87.4 cm³/mol. The number of rotatable bonds is 4. The Morgan fingerprint density at radius 1 is 1.35 bits per heavy atom. The average molecular weight is 408 g/mol. The molecule has 0 radical (unpaired) electrons. The van der Waals surface area contributed by atoms with E-state index in [-0.39, 0.29) is 23.5 Å². The van der Waals surface area contributed by atoms with Crippen molar-refractivity contribution >= 4 is 44.0 Å². The molecule has 1 aliphatic rings. The summed E-state index contributed by atoms with van der Waals surface area (Å²) in [6.07, 6.45) is 0.504. The number of amides is 1. The van der Waals surface area contributed by atoms with Crippen molar-refractivity contribution in [2.75, 3.05) is 16.8 Å². The molecule has 2 N–H and O–H groups in total. The highest BCUT2D eigenvalue weighted by Crippen LogP contribution is 2.14. The Bertz CT molecular complexity index is 586. The van der Waals surface area contributed by atoms with E-state index in [0.29, 0.717) is 6.42 Å². The maximum atomic E-state index is 12.0. The highest BCUT2D eigenvalue weighted by atomic mass is 127. The largest absolute Gasteiger partial charge is 0.374 e. The summed E-state index contributed by atoms with van der Waals surface area (Å²) in [4.78, 5) is 12.0. The van der Waals surface area contributed by atoms with Gasteiger partial charge in [-0.05, 0) is 60.2 Å². The molecule has 1 aromatic rings. The van der Waals surface area contributed by atoms with E-state index in [1.807, 2.05) is 24.3 Å². The SMILES string of the molecule is C[C@H](Nc1ccc(I)cc1)C(=O)N[C@@H]1CCS(=O)(=O)C1. The van der Waals surface area contributed by atoms with Gasteiger partial charge in [0.2, 0.25) is 5.91 Å². The molecule has 7 heteroatoms. The van der Waals surface area contributed by atoms with Crippen LogP contribution < -0.4 is 10.6 Å². The Hall–Kier alpha value is -0.830. The summed E-state index contributed by atoms with van der Waals surface area (Å²) in [6, 6.07) is 7.07.